The van der Waals surface area contributed by atoms with Crippen molar-refractivity contribution in [3.8, 4) is 5.75 Å². The molecule has 0 radical (unpaired) electrons. The lowest BCUT2D eigenvalue weighted by Crippen LogP contribution is -2.58. The number of hydrogen-bond donors (Lipinski definition) is 12. The number of hydrogen-bond acceptors (Lipinski definition) is 16. The van der Waals surface area contributed by atoms with E-state index in [-0.39, 0.29) is 56.0 Å². The minimum atomic E-state index is -4.26. The van der Waals surface area contributed by atoms with Crippen LogP contribution in [0.25, 0.3) is 0 Å². The van der Waals surface area contributed by atoms with Gasteiger partial charge in [0.2, 0.25) is 53.2 Å². The maximum atomic E-state index is 14.0. The molecule has 466 valence electrons. The molecule has 2 aliphatic rings. The number of carboxylic acid groups (broad SMARTS) is 1. The minimum Gasteiger partial charge on any atom is -0.487 e. The van der Waals surface area contributed by atoms with E-state index in [1.807, 2.05) is 27.7 Å². The topological polar surface area (TPSA) is 419 Å². The summed E-state index contributed by atoms with van der Waals surface area (Å²) in [6.45, 7) is 18.9. The van der Waals surface area contributed by atoms with Crippen LogP contribution in [0.5, 0.6) is 5.75 Å². The summed E-state index contributed by atoms with van der Waals surface area (Å²) in [5, 5.41) is 29.5. The smallest absolute Gasteiger partial charge is 0.408 e. The third-order valence-corrected chi connectivity index (χ3v) is 15.1. The highest BCUT2D eigenvalue weighted by molar-refractivity contribution is 7.90. The molecular weight excluding hydrogens is 1100 g/mol. The summed E-state index contributed by atoms with van der Waals surface area (Å²) in [6, 6.07) is -6.10. The van der Waals surface area contributed by atoms with Gasteiger partial charge in [-0.3, -0.25) is 43.3 Å². The number of nitrogens with one attached hydrogen (secondary N) is 9. The lowest BCUT2D eigenvalue weighted by molar-refractivity contribution is -0.142. The second-order valence-electron chi connectivity index (χ2n) is 23.2. The zero-order chi connectivity index (χ0) is 62.7. The summed E-state index contributed by atoms with van der Waals surface area (Å²) < 4.78 is 41.1. The van der Waals surface area contributed by atoms with Gasteiger partial charge in [-0.05, 0) is 142 Å². The van der Waals surface area contributed by atoms with Gasteiger partial charge in [-0.25, -0.2) is 22.7 Å². The number of carboxylic acids is 1. The first-order valence-corrected chi connectivity index (χ1v) is 29.4. The van der Waals surface area contributed by atoms with Gasteiger partial charge < -0.3 is 73.5 Å². The number of sulfonamides is 1. The molecule has 0 bridgehead atoms. The van der Waals surface area contributed by atoms with Crippen LogP contribution in [0.15, 0.2) is 9.89 Å². The number of alkyl carbamates (subject to hydrolysis) is 1. The van der Waals surface area contributed by atoms with Crippen molar-refractivity contribution < 1.29 is 70.9 Å². The Kier molecular flexibility index (Phi) is 26.5. The summed E-state index contributed by atoms with van der Waals surface area (Å²) in [5.41, 5.74) is 12.7. The number of fused-ring (bicyclic) bond motifs is 1. The van der Waals surface area contributed by atoms with Gasteiger partial charge >= 0.3 is 12.1 Å². The van der Waals surface area contributed by atoms with Crippen molar-refractivity contribution in [1.82, 2.24) is 52.2 Å². The number of ether oxygens (including phenoxy) is 2. The molecule has 0 aromatic heterocycles. The number of aliphatic carboxylic acids is 1. The molecule has 83 heavy (non-hydrogen) atoms. The van der Waals surface area contributed by atoms with Crippen LogP contribution in [0.2, 0.25) is 0 Å². The molecular formula is C54H89N13O15S. The zero-order valence-electron chi connectivity index (χ0n) is 50.0. The molecule has 1 aromatic rings. The van der Waals surface area contributed by atoms with Gasteiger partial charge in [0.15, 0.2) is 0 Å². The fourth-order valence-electron chi connectivity index (χ4n) is 9.34. The van der Waals surface area contributed by atoms with Crippen molar-refractivity contribution in [1.29, 1.82) is 0 Å². The van der Waals surface area contributed by atoms with E-state index in [4.69, 9.17) is 20.9 Å². The highest BCUT2D eigenvalue weighted by Crippen LogP contribution is 2.43. The number of aliphatic imine (C=N–C) groups is 1. The Morgan fingerprint density at radius 2 is 1.36 bits per heavy atom. The van der Waals surface area contributed by atoms with Crippen molar-refractivity contribution >= 4 is 75.3 Å². The van der Waals surface area contributed by atoms with Gasteiger partial charge in [0.1, 0.15) is 53.7 Å². The fraction of sp³-hybridized carbons (Fsp3) is 0.685. The largest absolute Gasteiger partial charge is 0.487 e. The van der Waals surface area contributed by atoms with E-state index < -0.39 is 149 Å². The number of nitrogens with zero attached hydrogens (tertiary/aromatic N) is 2. The molecule has 2 aliphatic heterocycles. The number of likely N-dealkylation sites (tertiary alicyclic amines) is 1. The van der Waals surface area contributed by atoms with Crippen molar-refractivity contribution in [2.45, 2.75) is 187 Å². The summed E-state index contributed by atoms with van der Waals surface area (Å²) in [4.78, 5) is 136. The van der Waals surface area contributed by atoms with E-state index in [0.717, 1.165) is 5.56 Å². The molecule has 0 saturated carbocycles. The second kappa shape index (κ2) is 31.4. The molecule has 14 N–H and O–H groups in total. The summed E-state index contributed by atoms with van der Waals surface area (Å²) in [6.07, 6.45) is 1.40. The number of nitrogens with two attached hydrogens (primary N) is 2. The molecule has 9 amide bonds. The lowest BCUT2D eigenvalue weighted by atomic mass is 9.94. The fourth-order valence-corrected chi connectivity index (χ4v) is 10.9. The van der Waals surface area contributed by atoms with E-state index in [9.17, 15) is 61.5 Å². The number of carbonyl (C=O) groups is 10. The highest BCUT2D eigenvalue weighted by atomic mass is 32.2. The zero-order valence-corrected chi connectivity index (χ0v) is 50.8. The van der Waals surface area contributed by atoms with Gasteiger partial charge in [-0.15, -0.1) is 0 Å². The van der Waals surface area contributed by atoms with Crippen LogP contribution in [-0.4, -0.2) is 171 Å². The van der Waals surface area contributed by atoms with Crippen LogP contribution in [0.3, 0.4) is 0 Å². The number of benzene rings is 1. The predicted molar refractivity (Wildman–Crippen MR) is 306 cm³/mol. The molecule has 3 rings (SSSR count). The quantitative estimate of drug-likeness (QED) is 0.0260. The first-order valence-electron chi connectivity index (χ1n) is 27.9. The molecule has 28 nitrogen and oxygen atoms in total. The Morgan fingerprint density at radius 3 is 1.95 bits per heavy atom. The minimum absolute atomic E-state index is 0.0143. The molecule has 0 spiro atoms. The van der Waals surface area contributed by atoms with Crippen molar-refractivity contribution in [3.63, 3.8) is 0 Å². The first-order chi connectivity index (χ1) is 38.6. The third kappa shape index (κ3) is 22.4. The van der Waals surface area contributed by atoms with E-state index in [0.29, 0.717) is 54.7 Å². The molecule has 2 heterocycles. The first kappa shape index (κ1) is 70.0. The van der Waals surface area contributed by atoms with Crippen molar-refractivity contribution in [2.75, 3.05) is 45.8 Å². The summed E-state index contributed by atoms with van der Waals surface area (Å²) in [7, 11) is -4.26. The van der Waals surface area contributed by atoms with Crippen LogP contribution in [-0.2, 0) is 64.3 Å². The summed E-state index contributed by atoms with van der Waals surface area (Å²) >= 11 is 0. The average Bonchev–Trinajstić information content (AvgIpc) is 4.03. The van der Waals surface area contributed by atoms with Gasteiger partial charge in [0, 0.05) is 25.1 Å². The Bertz CT molecular complexity index is 2690. The standard InChI is InChI=1S/C54H89N13O15S/c1-29(2)23-37(64-48(74)38-19-16-22-67(38)42(71)28-58-39(68)25-61-52(78)82-53(8,9)10)47(73)60-27-41(70)65-43(30(3)4)49(75)63-35(46(72)59-26-40(69)62-36(50(76)77)17-13-14-20-55)18-15-21-57-51(56)66-83(79,80)45-32(6)31(5)44-34(33(45)7)24-54(11,12)81-44/h29-30,35-38,43H,13-28,55H2,1-12H3,(H,58,68)(H,59,72)(H,60,73)(H,61,78)(H,62,69)(H,63,75)(H,64,74)(H,65,70)(H,76,77)(H3,56,57,66)/t35-,36-,37-,38-,43-/m0/s1. The van der Waals surface area contributed by atoms with Gasteiger partial charge in [0.05, 0.1) is 24.5 Å². The van der Waals surface area contributed by atoms with E-state index in [2.05, 4.69) is 52.2 Å². The molecule has 1 saturated heterocycles. The SMILES string of the molecule is Cc1c(C)c(S(=O)(=O)NC(N)=NCCC[C@H](NC(=O)[C@@H](NC(=O)CNC(=O)[C@H](CC(C)C)NC(=O)[C@@H]2CCCN2C(=O)CNC(=O)CNC(=O)OC(C)(C)C)C(C)C)C(=O)NCC(=O)N[C@@H](CCCCN)C(=O)O)c(C)c2c1OC(C)(C)C2. The molecule has 1 fully saturated rings. The Morgan fingerprint density at radius 1 is 0.759 bits per heavy atom. The van der Waals surface area contributed by atoms with Crippen LogP contribution >= 0.6 is 0 Å². The normalized spacial score (nSPS) is 16.3. The Labute approximate surface area is 486 Å². The molecule has 29 heteroatoms. The monoisotopic (exact) mass is 1190 g/mol. The highest BCUT2D eigenvalue weighted by Gasteiger charge is 2.39. The average molecular weight is 1190 g/mol. The number of unbranched alkanes of at least 4 members (excludes halogenated alkanes) is 1. The van der Waals surface area contributed by atoms with E-state index >= 15 is 0 Å². The molecule has 0 aliphatic carbocycles. The molecule has 1 aromatic carbocycles. The number of carbonyl (C=O) groups excluding carboxylic acids is 9. The number of amides is 9. The van der Waals surface area contributed by atoms with Gasteiger partial charge in [0.25, 0.3) is 10.0 Å². The van der Waals surface area contributed by atoms with E-state index in [1.165, 1.54) is 4.90 Å². The molecule has 0 unspecified atom stereocenters. The van der Waals surface area contributed by atoms with Crippen LogP contribution in [0.4, 0.5) is 4.79 Å². The number of guanidine groups is 1. The maximum Gasteiger partial charge on any atom is 0.408 e. The van der Waals surface area contributed by atoms with Crippen molar-refractivity contribution in [2.24, 2.45) is 28.3 Å². The lowest BCUT2D eigenvalue weighted by Gasteiger charge is -2.27. The third-order valence-electron chi connectivity index (χ3n) is 13.5. The van der Waals surface area contributed by atoms with Crippen LogP contribution in [0.1, 0.15) is 136 Å². The predicted octanol–water partition coefficient (Wildman–Crippen LogP) is -0.582. The maximum absolute atomic E-state index is 14.0. The van der Waals surface area contributed by atoms with Crippen LogP contribution in [0, 0.1) is 32.6 Å². The second-order valence-corrected chi connectivity index (χ2v) is 24.8. The molecule has 5 atom stereocenters. The number of rotatable bonds is 30. The van der Waals surface area contributed by atoms with Gasteiger partial charge in [-0.2, -0.15) is 0 Å². The van der Waals surface area contributed by atoms with Crippen molar-refractivity contribution in [3.05, 3.63) is 22.3 Å². The van der Waals surface area contributed by atoms with Crippen LogP contribution < -0.4 is 63.5 Å². The summed E-state index contributed by atoms with van der Waals surface area (Å²) in [5.74, 6) is -7.82. The van der Waals surface area contributed by atoms with Gasteiger partial charge in [-0.1, -0.05) is 27.7 Å². The van der Waals surface area contributed by atoms with E-state index in [1.54, 1.807) is 55.4 Å². The Hall–Kier alpha value is -7.30. The Balaban J connectivity index is 1.71.